The number of anilines is 1. The SMILES string of the molecule is Cc1ccc2nc(-c3ccc(NC(=S)NC(=O)COc4cccc5ccccc45)cc3)sc2c1. The van der Waals surface area contributed by atoms with Crippen molar-refractivity contribution >= 4 is 61.3 Å². The zero-order chi connectivity index (χ0) is 23.5. The summed E-state index contributed by atoms with van der Waals surface area (Å²) in [6.45, 7) is 1.95. The molecule has 5 rings (SSSR count). The van der Waals surface area contributed by atoms with Gasteiger partial charge in [0.15, 0.2) is 11.7 Å². The lowest BCUT2D eigenvalue weighted by molar-refractivity contribution is -0.121. The van der Waals surface area contributed by atoms with E-state index in [4.69, 9.17) is 21.9 Å². The van der Waals surface area contributed by atoms with Gasteiger partial charge < -0.3 is 10.1 Å². The number of nitrogens with one attached hydrogen (secondary N) is 2. The number of carbonyl (C=O) groups is 1. The molecule has 1 aromatic heterocycles. The maximum Gasteiger partial charge on any atom is 0.264 e. The third kappa shape index (κ3) is 4.90. The zero-order valence-electron chi connectivity index (χ0n) is 18.4. The molecule has 0 atom stereocenters. The Kier molecular flexibility index (Phi) is 6.20. The molecule has 2 N–H and O–H groups in total. The first-order chi connectivity index (χ1) is 16.5. The van der Waals surface area contributed by atoms with Crippen molar-refractivity contribution in [2.75, 3.05) is 11.9 Å². The van der Waals surface area contributed by atoms with E-state index in [1.165, 1.54) is 10.3 Å². The molecule has 0 bridgehead atoms. The molecule has 4 aromatic carbocycles. The van der Waals surface area contributed by atoms with Crippen molar-refractivity contribution < 1.29 is 9.53 Å². The summed E-state index contributed by atoms with van der Waals surface area (Å²) in [4.78, 5) is 17.1. The van der Waals surface area contributed by atoms with Crippen LogP contribution in [-0.4, -0.2) is 22.6 Å². The Hall–Kier alpha value is -3.81. The highest BCUT2D eigenvalue weighted by Crippen LogP contribution is 2.31. The molecule has 168 valence electrons. The number of hydrogen-bond acceptors (Lipinski definition) is 5. The number of ether oxygens (including phenoxy) is 1. The van der Waals surface area contributed by atoms with Gasteiger partial charge in [0.05, 0.1) is 10.2 Å². The fourth-order valence-corrected chi connectivity index (χ4v) is 4.94. The molecule has 0 aliphatic heterocycles. The van der Waals surface area contributed by atoms with E-state index in [1.807, 2.05) is 72.8 Å². The van der Waals surface area contributed by atoms with Gasteiger partial charge in [-0.1, -0.05) is 42.5 Å². The van der Waals surface area contributed by atoms with Gasteiger partial charge >= 0.3 is 0 Å². The summed E-state index contributed by atoms with van der Waals surface area (Å²) in [6.07, 6.45) is 0. The molecule has 5 nitrogen and oxygen atoms in total. The monoisotopic (exact) mass is 483 g/mol. The lowest BCUT2D eigenvalue weighted by atomic mass is 10.1. The average molecular weight is 484 g/mol. The summed E-state index contributed by atoms with van der Waals surface area (Å²) in [5.74, 6) is 0.333. The van der Waals surface area contributed by atoms with E-state index in [0.717, 1.165) is 32.5 Å². The van der Waals surface area contributed by atoms with Crippen molar-refractivity contribution in [1.82, 2.24) is 10.3 Å². The molecule has 1 amide bonds. The average Bonchev–Trinajstić information content (AvgIpc) is 3.26. The predicted molar refractivity (Wildman–Crippen MR) is 144 cm³/mol. The number of thiocarbonyl (C=S) groups is 1. The highest BCUT2D eigenvalue weighted by atomic mass is 32.1. The van der Waals surface area contributed by atoms with Crippen LogP contribution >= 0.6 is 23.6 Å². The van der Waals surface area contributed by atoms with Crippen LogP contribution in [0.5, 0.6) is 5.75 Å². The number of hydrogen-bond donors (Lipinski definition) is 2. The van der Waals surface area contributed by atoms with Crippen molar-refractivity contribution in [3.05, 3.63) is 90.5 Å². The molecule has 0 unspecified atom stereocenters. The third-order valence-electron chi connectivity index (χ3n) is 5.30. The molecule has 0 aliphatic rings. The Balaban J connectivity index is 1.17. The van der Waals surface area contributed by atoms with Gasteiger partial charge in [-0.25, -0.2) is 4.98 Å². The number of aromatic nitrogens is 1. The first-order valence-electron chi connectivity index (χ1n) is 10.7. The Bertz CT molecular complexity index is 1500. The summed E-state index contributed by atoms with van der Waals surface area (Å²) >= 11 is 6.96. The van der Waals surface area contributed by atoms with Crippen molar-refractivity contribution in [1.29, 1.82) is 0 Å². The van der Waals surface area contributed by atoms with E-state index in [0.29, 0.717) is 5.75 Å². The molecule has 0 saturated carbocycles. The molecule has 7 heteroatoms. The largest absolute Gasteiger partial charge is 0.483 e. The fraction of sp³-hybridized carbons (Fsp3) is 0.0741. The van der Waals surface area contributed by atoms with Crippen molar-refractivity contribution in [2.24, 2.45) is 0 Å². The number of amides is 1. The molecule has 0 spiro atoms. The van der Waals surface area contributed by atoms with Gasteiger partial charge in [-0.2, -0.15) is 0 Å². The molecule has 0 aliphatic carbocycles. The van der Waals surface area contributed by atoms with Crippen LogP contribution < -0.4 is 15.4 Å². The van der Waals surface area contributed by atoms with Crippen LogP contribution in [0.15, 0.2) is 84.9 Å². The minimum Gasteiger partial charge on any atom is -0.483 e. The number of aryl methyl sites for hydroxylation is 1. The maximum absolute atomic E-state index is 12.3. The minimum absolute atomic E-state index is 0.133. The first-order valence-corrected chi connectivity index (χ1v) is 12.0. The lowest BCUT2D eigenvalue weighted by Crippen LogP contribution is -2.37. The van der Waals surface area contributed by atoms with Crippen LogP contribution in [0, 0.1) is 6.92 Å². The van der Waals surface area contributed by atoms with Gasteiger partial charge in [-0.15, -0.1) is 11.3 Å². The number of carbonyl (C=O) groups excluding carboxylic acids is 1. The summed E-state index contributed by atoms with van der Waals surface area (Å²) < 4.78 is 6.90. The third-order valence-corrected chi connectivity index (χ3v) is 6.57. The zero-order valence-corrected chi connectivity index (χ0v) is 20.0. The highest BCUT2D eigenvalue weighted by Gasteiger charge is 2.10. The molecule has 0 radical (unpaired) electrons. The Morgan fingerprint density at radius 2 is 1.79 bits per heavy atom. The van der Waals surface area contributed by atoms with Crippen LogP contribution in [0.4, 0.5) is 5.69 Å². The van der Waals surface area contributed by atoms with Crippen molar-refractivity contribution in [3.8, 4) is 16.3 Å². The lowest BCUT2D eigenvalue weighted by Gasteiger charge is -2.12. The van der Waals surface area contributed by atoms with Crippen LogP contribution in [0.2, 0.25) is 0 Å². The summed E-state index contributed by atoms with van der Waals surface area (Å²) in [5, 5.41) is 8.90. The van der Waals surface area contributed by atoms with Crippen LogP contribution in [-0.2, 0) is 4.79 Å². The molecular formula is C27H21N3O2S2. The number of nitrogens with zero attached hydrogens (tertiary/aromatic N) is 1. The number of fused-ring (bicyclic) bond motifs is 2. The van der Waals surface area contributed by atoms with E-state index in [-0.39, 0.29) is 17.6 Å². The summed E-state index contributed by atoms with van der Waals surface area (Å²) in [5.41, 5.74) is 4.03. The van der Waals surface area contributed by atoms with Gasteiger partial charge in [0.1, 0.15) is 10.8 Å². The van der Waals surface area contributed by atoms with E-state index in [1.54, 1.807) is 11.3 Å². The second-order valence-corrected chi connectivity index (χ2v) is 9.27. The van der Waals surface area contributed by atoms with Crippen LogP contribution in [0.25, 0.3) is 31.6 Å². The highest BCUT2D eigenvalue weighted by molar-refractivity contribution is 7.80. The molecule has 1 heterocycles. The Morgan fingerprint density at radius 3 is 2.65 bits per heavy atom. The number of thiazole rings is 1. The van der Waals surface area contributed by atoms with Gasteiger partial charge in [0, 0.05) is 16.6 Å². The maximum atomic E-state index is 12.3. The van der Waals surface area contributed by atoms with Gasteiger partial charge in [-0.3, -0.25) is 10.1 Å². The second kappa shape index (κ2) is 9.59. The van der Waals surface area contributed by atoms with E-state index in [9.17, 15) is 4.79 Å². The van der Waals surface area contributed by atoms with E-state index in [2.05, 4.69) is 29.7 Å². The minimum atomic E-state index is -0.327. The van der Waals surface area contributed by atoms with Crippen molar-refractivity contribution in [2.45, 2.75) is 6.92 Å². The smallest absolute Gasteiger partial charge is 0.264 e. The molecule has 5 aromatic rings. The normalized spacial score (nSPS) is 10.9. The van der Waals surface area contributed by atoms with Crippen LogP contribution in [0.1, 0.15) is 5.56 Å². The van der Waals surface area contributed by atoms with E-state index < -0.39 is 0 Å². The number of rotatable bonds is 5. The quantitative estimate of drug-likeness (QED) is 0.287. The second-order valence-electron chi connectivity index (χ2n) is 7.84. The number of benzene rings is 4. The summed E-state index contributed by atoms with van der Waals surface area (Å²) in [7, 11) is 0. The first kappa shape index (κ1) is 22.0. The topological polar surface area (TPSA) is 63.2 Å². The molecule has 0 saturated heterocycles. The molecule has 0 fully saturated rings. The molecule has 34 heavy (non-hydrogen) atoms. The fourth-order valence-electron chi connectivity index (χ4n) is 3.64. The summed E-state index contributed by atoms with van der Waals surface area (Å²) in [6, 6.07) is 27.7. The van der Waals surface area contributed by atoms with Gasteiger partial charge in [-0.05, 0) is 72.6 Å². The van der Waals surface area contributed by atoms with Gasteiger partial charge in [0.25, 0.3) is 5.91 Å². The predicted octanol–water partition coefficient (Wildman–Crippen LogP) is 6.32. The standard InChI is InChI=1S/C27H21N3O2S2/c1-17-9-14-22-24(15-17)34-26(29-22)19-10-12-20(13-11-19)28-27(33)30-25(31)16-32-23-8-4-6-18-5-2-3-7-21(18)23/h2-15H,16H2,1H3,(H2,28,30,31,33). The van der Waals surface area contributed by atoms with Crippen LogP contribution in [0.3, 0.4) is 0 Å². The Morgan fingerprint density at radius 1 is 1.00 bits per heavy atom. The Labute approximate surface area is 206 Å². The molecular weight excluding hydrogens is 462 g/mol. The van der Waals surface area contributed by atoms with Gasteiger partial charge in [0.2, 0.25) is 0 Å². The van der Waals surface area contributed by atoms with Crippen molar-refractivity contribution in [3.63, 3.8) is 0 Å². The van der Waals surface area contributed by atoms with E-state index >= 15 is 0 Å².